The maximum absolute atomic E-state index is 13.1. The van der Waals surface area contributed by atoms with E-state index in [0.717, 1.165) is 62.4 Å². The number of amides is 1. The van der Waals surface area contributed by atoms with E-state index in [1.807, 2.05) is 0 Å². The van der Waals surface area contributed by atoms with Crippen molar-refractivity contribution >= 4 is 34.9 Å². The molecule has 0 aromatic carbocycles. The molecule has 4 aliphatic rings. The van der Waals surface area contributed by atoms with Crippen molar-refractivity contribution < 1.29 is 4.79 Å². The highest BCUT2D eigenvalue weighted by Crippen LogP contribution is 2.26. The fourth-order valence-corrected chi connectivity index (χ4v) is 4.89. The predicted molar refractivity (Wildman–Crippen MR) is 140 cm³/mol. The first-order chi connectivity index (χ1) is 16.9. The molecule has 2 aliphatic heterocycles. The molecule has 1 aromatic rings. The van der Waals surface area contributed by atoms with Crippen molar-refractivity contribution in [3.63, 3.8) is 0 Å². The monoisotopic (exact) mass is 498 g/mol. The highest BCUT2D eigenvalue weighted by atomic mass is 35.5. The molecule has 1 unspecified atom stereocenters. The highest BCUT2D eigenvalue weighted by molar-refractivity contribution is 6.29. The molecule has 0 spiro atoms. The summed E-state index contributed by atoms with van der Waals surface area (Å²) in [6.07, 6.45) is 10.5. The molecule has 5 rings (SSSR count). The van der Waals surface area contributed by atoms with E-state index < -0.39 is 6.04 Å². The van der Waals surface area contributed by atoms with Crippen LogP contribution in [-0.4, -0.2) is 64.8 Å². The molecule has 0 saturated heterocycles. The van der Waals surface area contributed by atoms with Crippen molar-refractivity contribution in [1.82, 2.24) is 25.9 Å². The van der Waals surface area contributed by atoms with E-state index in [2.05, 4.69) is 51.2 Å². The summed E-state index contributed by atoms with van der Waals surface area (Å²) < 4.78 is 0. The van der Waals surface area contributed by atoms with Gasteiger partial charge in [-0.2, -0.15) is 5.10 Å². The van der Waals surface area contributed by atoms with Gasteiger partial charge in [0.25, 0.3) is 5.91 Å². The van der Waals surface area contributed by atoms with Crippen molar-refractivity contribution in [2.45, 2.75) is 76.5 Å². The first-order valence-electron chi connectivity index (χ1n) is 12.8. The van der Waals surface area contributed by atoms with Gasteiger partial charge in [0.05, 0.1) is 12.2 Å². The van der Waals surface area contributed by atoms with Crippen LogP contribution in [0.3, 0.4) is 0 Å². The van der Waals surface area contributed by atoms with Crippen LogP contribution in [0.25, 0.3) is 0 Å². The van der Waals surface area contributed by atoms with Gasteiger partial charge in [0, 0.05) is 36.1 Å². The number of hydrazone groups is 1. The average Bonchev–Trinajstić information content (AvgIpc) is 3.54. The number of aliphatic imine (C=N–C) groups is 1. The van der Waals surface area contributed by atoms with E-state index in [1.165, 1.54) is 0 Å². The van der Waals surface area contributed by atoms with E-state index >= 15 is 0 Å². The van der Waals surface area contributed by atoms with Crippen LogP contribution in [0, 0.1) is 5.92 Å². The number of rotatable bonds is 8. The van der Waals surface area contributed by atoms with Gasteiger partial charge < -0.3 is 21.3 Å². The Hall–Kier alpha value is -2.65. The normalized spacial score (nSPS) is 26.0. The number of hydrogen-bond donors (Lipinski definition) is 4. The number of carbonyl (C=O) groups is 1. The molecule has 35 heavy (non-hydrogen) atoms. The van der Waals surface area contributed by atoms with Gasteiger partial charge in [-0.05, 0) is 63.1 Å². The molecule has 2 saturated carbocycles. The second kappa shape index (κ2) is 10.5. The number of carbonyl (C=O) groups excluding carboxylic acids is 1. The molecule has 10 heteroatoms. The molecule has 2 aliphatic carbocycles. The number of amidine groups is 2. The van der Waals surface area contributed by atoms with Crippen molar-refractivity contribution in [3.05, 3.63) is 35.3 Å². The lowest BCUT2D eigenvalue weighted by Gasteiger charge is -2.33. The third-order valence-electron chi connectivity index (χ3n) is 6.79. The molecule has 188 valence electrons. The summed E-state index contributed by atoms with van der Waals surface area (Å²) in [5, 5.41) is 20.8. The summed E-state index contributed by atoms with van der Waals surface area (Å²) in [6.45, 7) is 5.92. The fraction of sp³-hybridized carbons (Fsp3) is 0.600. The maximum atomic E-state index is 13.1. The van der Waals surface area contributed by atoms with Gasteiger partial charge in [0.1, 0.15) is 11.0 Å². The number of pyridine rings is 1. The summed E-state index contributed by atoms with van der Waals surface area (Å²) in [5.74, 6) is 2.02. The van der Waals surface area contributed by atoms with Crippen LogP contribution in [0.15, 0.2) is 40.2 Å². The Morgan fingerprint density at radius 2 is 1.83 bits per heavy atom. The summed E-state index contributed by atoms with van der Waals surface area (Å²) in [7, 11) is 0. The van der Waals surface area contributed by atoms with Crippen LogP contribution in [0.2, 0.25) is 5.15 Å². The summed E-state index contributed by atoms with van der Waals surface area (Å²) in [6, 6.07) is 4.28. The van der Waals surface area contributed by atoms with Crippen LogP contribution < -0.4 is 21.3 Å². The fourth-order valence-electron chi connectivity index (χ4n) is 4.72. The van der Waals surface area contributed by atoms with Gasteiger partial charge in [0.2, 0.25) is 0 Å². The third-order valence-corrected chi connectivity index (χ3v) is 7.00. The minimum Gasteiger partial charge on any atom is -0.379 e. The van der Waals surface area contributed by atoms with Crippen LogP contribution in [-0.2, 0) is 4.79 Å². The highest BCUT2D eigenvalue weighted by Gasteiger charge is 2.39. The second-order valence-electron chi connectivity index (χ2n) is 10.3. The van der Waals surface area contributed by atoms with Gasteiger partial charge in [-0.1, -0.05) is 25.4 Å². The van der Waals surface area contributed by atoms with Gasteiger partial charge in [-0.25, -0.2) is 9.99 Å². The molecule has 3 heterocycles. The number of anilines is 1. The molecule has 1 atom stereocenters. The zero-order valence-corrected chi connectivity index (χ0v) is 21.2. The smallest absolute Gasteiger partial charge is 0.251 e. The zero-order valence-electron chi connectivity index (χ0n) is 20.4. The molecule has 0 radical (unpaired) electrons. The Labute approximate surface area is 211 Å². The van der Waals surface area contributed by atoms with Gasteiger partial charge >= 0.3 is 0 Å². The topological polar surface area (TPSA) is 106 Å². The van der Waals surface area contributed by atoms with Crippen molar-refractivity contribution in [2.24, 2.45) is 16.0 Å². The first kappa shape index (κ1) is 24.1. The summed E-state index contributed by atoms with van der Waals surface area (Å²) in [4.78, 5) is 21.8. The molecular weight excluding hydrogens is 464 g/mol. The lowest BCUT2D eigenvalue weighted by Crippen LogP contribution is -2.49. The second-order valence-corrected chi connectivity index (χ2v) is 10.7. The van der Waals surface area contributed by atoms with E-state index in [0.29, 0.717) is 41.4 Å². The minimum absolute atomic E-state index is 0.168. The van der Waals surface area contributed by atoms with E-state index in [-0.39, 0.29) is 5.91 Å². The van der Waals surface area contributed by atoms with E-state index in [9.17, 15) is 4.79 Å². The maximum Gasteiger partial charge on any atom is 0.251 e. The van der Waals surface area contributed by atoms with Gasteiger partial charge in [-0.3, -0.25) is 9.79 Å². The SMILES string of the molecule is CC(C)CN[C@H]1CC[C@H](NC2=NN3C(=NCC3C(=O)Nc3ccnc(Cl)c3)C(NC3CC3)=C2)CC1. The zero-order chi connectivity index (χ0) is 24.4. The molecule has 9 nitrogen and oxygen atoms in total. The third kappa shape index (κ3) is 6.13. The van der Waals surface area contributed by atoms with Crippen LogP contribution in [0.5, 0.6) is 0 Å². The number of nitrogens with zero attached hydrogens (tertiary/aromatic N) is 4. The van der Waals surface area contributed by atoms with Crippen LogP contribution in [0.1, 0.15) is 52.4 Å². The summed E-state index contributed by atoms with van der Waals surface area (Å²) >= 11 is 5.98. The Balaban J connectivity index is 1.25. The minimum atomic E-state index is -0.519. The van der Waals surface area contributed by atoms with E-state index in [1.54, 1.807) is 23.3 Å². The number of hydrogen-bond acceptors (Lipinski definition) is 8. The Bertz CT molecular complexity index is 1030. The van der Waals surface area contributed by atoms with Crippen LogP contribution in [0.4, 0.5) is 5.69 Å². The quantitative estimate of drug-likeness (QED) is 0.411. The molecule has 2 fully saturated rings. The number of aromatic nitrogens is 1. The Morgan fingerprint density at radius 1 is 1.11 bits per heavy atom. The van der Waals surface area contributed by atoms with E-state index in [4.69, 9.17) is 16.7 Å². The molecule has 4 N–H and O–H groups in total. The molecular formula is C25H35ClN8O. The van der Waals surface area contributed by atoms with Crippen molar-refractivity contribution in [2.75, 3.05) is 18.4 Å². The van der Waals surface area contributed by atoms with Gasteiger partial charge in [-0.15, -0.1) is 0 Å². The Kier molecular flexibility index (Phi) is 7.24. The average molecular weight is 499 g/mol. The van der Waals surface area contributed by atoms with Crippen molar-refractivity contribution in [3.8, 4) is 0 Å². The van der Waals surface area contributed by atoms with Crippen molar-refractivity contribution in [1.29, 1.82) is 0 Å². The van der Waals surface area contributed by atoms with Gasteiger partial charge in [0.15, 0.2) is 11.9 Å². The van der Waals surface area contributed by atoms with Crippen LogP contribution >= 0.6 is 11.6 Å². The lowest BCUT2D eigenvalue weighted by atomic mass is 9.91. The predicted octanol–water partition coefficient (Wildman–Crippen LogP) is 2.87. The summed E-state index contributed by atoms with van der Waals surface area (Å²) in [5.41, 5.74) is 1.55. The largest absolute Gasteiger partial charge is 0.379 e. The lowest BCUT2D eigenvalue weighted by molar-refractivity contribution is -0.119. The number of fused-ring (bicyclic) bond motifs is 1. The standard InChI is InChI=1S/C25H35ClN8O/c1-15(2)13-28-16-3-5-18(6-4-16)31-23-12-20(30-17-7-8-17)24-29-14-21(34(24)33-23)25(35)32-19-9-10-27-22(26)11-19/h9-12,15-18,21,28,30H,3-8,13-14H2,1-2H3,(H,31,33)(H,27,32,35)/t16-,18-,21?. The molecule has 1 aromatic heterocycles. The molecule has 0 bridgehead atoms. The number of nitrogens with one attached hydrogen (secondary N) is 4. The number of halogens is 1. The first-order valence-corrected chi connectivity index (χ1v) is 13.2. The Morgan fingerprint density at radius 3 is 2.54 bits per heavy atom. The molecule has 1 amide bonds.